The molecule has 0 spiro atoms. The molecule has 1 atom stereocenters. The number of hydrogen-bond acceptors (Lipinski definition) is 6. The molecule has 3 heterocycles. The molecule has 3 aliphatic rings. The van der Waals surface area contributed by atoms with Crippen molar-refractivity contribution in [2.75, 3.05) is 46.4 Å². The minimum atomic E-state index is -1.06. The van der Waals surface area contributed by atoms with Gasteiger partial charge in [0.25, 0.3) is 11.8 Å². The molecule has 2 N–H and O–H groups in total. The Morgan fingerprint density at radius 1 is 1.18 bits per heavy atom. The number of fused-ring (bicyclic) bond motifs is 1. The van der Waals surface area contributed by atoms with Gasteiger partial charge in [0.1, 0.15) is 11.2 Å². The highest BCUT2D eigenvalue weighted by atomic mass is 16.5. The summed E-state index contributed by atoms with van der Waals surface area (Å²) in [6.07, 6.45) is 6.59. The SMILES string of the molecule is CN1C(=O)c2cc(C(=O)NCCN3CCOCC3)nn2CC1(C)C(=O)NC1CCCCCC1. The van der Waals surface area contributed by atoms with Crippen LogP contribution in [-0.2, 0) is 16.1 Å². The first-order valence-electron chi connectivity index (χ1n) is 12.1. The Morgan fingerprint density at radius 2 is 1.88 bits per heavy atom. The smallest absolute Gasteiger partial charge is 0.272 e. The molecule has 33 heavy (non-hydrogen) atoms. The van der Waals surface area contributed by atoms with Crippen LogP contribution in [0.1, 0.15) is 66.4 Å². The van der Waals surface area contributed by atoms with Crippen LogP contribution in [0, 0.1) is 0 Å². The minimum Gasteiger partial charge on any atom is -0.379 e. The van der Waals surface area contributed by atoms with Crippen molar-refractivity contribution in [2.24, 2.45) is 0 Å². The molecule has 4 rings (SSSR count). The summed E-state index contributed by atoms with van der Waals surface area (Å²) in [4.78, 5) is 42.7. The molecule has 10 nitrogen and oxygen atoms in total. The van der Waals surface area contributed by atoms with Crippen LogP contribution in [0.4, 0.5) is 0 Å². The topological polar surface area (TPSA) is 109 Å². The molecular formula is C23H36N6O4. The third-order valence-electron chi connectivity index (χ3n) is 7.23. The van der Waals surface area contributed by atoms with Gasteiger partial charge in [-0.25, -0.2) is 0 Å². The number of amides is 3. The fraction of sp³-hybridized carbons (Fsp3) is 0.739. The Morgan fingerprint density at radius 3 is 2.58 bits per heavy atom. The number of carbonyl (C=O) groups is 3. The lowest BCUT2D eigenvalue weighted by atomic mass is 9.95. The number of morpholine rings is 1. The zero-order valence-electron chi connectivity index (χ0n) is 19.8. The predicted molar refractivity (Wildman–Crippen MR) is 122 cm³/mol. The zero-order valence-corrected chi connectivity index (χ0v) is 19.8. The van der Waals surface area contributed by atoms with Gasteiger partial charge in [-0.2, -0.15) is 5.10 Å². The van der Waals surface area contributed by atoms with Crippen LogP contribution in [0.3, 0.4) is 0 Å². The fourth-order valence-corrected chi connectivity index (χ4v) is 4.85. The van der Waals surface area contributed by atoms with Crippen molar-refractivity contribution in [3.8, 4) is 0 Å². The maximum atomic E-state index is 13.3. The van der Waals surface area contributed by atoms with Gasteiger partial charge < -0.3 is 20.3 Å². The molecule has 1 unspecified atom stereocenters. The molecule has 2 fully saturated rings. The number of carbonyl (C=O) groups excluding carboxylic acids is 3. The second kappa shape index (κ2) is 10.2. The summed E-state index contributed by atoms with van der Waals surface area (Å²) >= 11 is 0. The number of rotatable bonds is 6. The van der Waals surface area contributed by atoms with Gasteiger partial charge in [-0.3, -0.25) is 24.0 Å². The van der Waals surface area contributed by atoms with Gasteiger partial charge in [0.15, 0.2) is 5.69 Å². The Hall–Kier alpha value is -2.46. The van der Waals surface area contributed by atoms with Crippen LogP contribution in [0.5, 0.6) is 0 Å². The maximum Gasteiger partial charge on any atom is 0.272 e. The van der Waals surface area contributed by atoms with E-state index in [1.54, 1.807) is 14.0 Å². The largest absolute Gasteiger partial charge is 0.379 e. The molecule has 1 saturated heterocycles. The first-order chi connectivity index (χ1) is 15.9. The quantitative estimate of drug-likeness (QED) is 0.603. The van der Waals surface area contributed by atoms with Crippen molar-refractivity contribution < 1.29 is 19.1 Å². The van der Waals surface area contributed by atoms with E-state index in [1.807, 2.05) is 0 Å². The maximum absolute atomic E-state index is 13.3. The molecule has 1 aromatic heterocycles. The Labute approximate surface area is 195 Å². The average Bonchev–Trinajstić information content (AvgIpc) is 3.06. The van der Waals surface area contributed by atoms with Crippen LogP contribution in [0.25, 0.3) is 0 Å². The van der Waals surface area contributed by atoms with Gasteiger partial charge in [0.2, 0.25) is 5.91 Å². The summed E-state index contributed by atoms with van der Waals surface area (Å²) in [7, 11) is 1.65. The number of hydrogen-bond donors (Lipinski definition) is 2. The lowest BCUT2D eigenvalue weighted by molar-refractivity contribution is -0.133. The van der Waals surface area contributed by atoms with Gasteiger partial charge in [0.05, 0.1) is 19.8 Å². The Bertz CT molecular complexity index is 872. The fourth-order valence-electron chi connectivity index (χ4n) is 4.85. The summed E-state index contributed by atoms with van der Waals surface area (Å²) in [5, 5.41) is 10.4. The van der Waals surface area contributed by atoms with Crippen LogP contribution >= 0.6 is 0 Å². The van der Waals surface area contributed by atoms with Crippen LogP contribution in [0.2, 0.25) is 0 Å². The van der Waals surface area contributed by atoms with Crippen LogP contribution in [-0.4, -0.2) is 95.3 Å². The van der Waals surface area contributed by atoms with Gasteiger partial charge in [-0.15, -0.1) is 0 Å². The summed E-state index contributed by atoms with van der Waals surface area (Å²) in [5.74, 6) is -0.784. The summed E-state index contributed by atoms with van der Waals surface area (Å²) in [6, 6.07) is 1.67. The standard InChI is InChI=1S/C23H36N6O4/c1-23(22(32)25-17-7-5-3-4-6-8-17)16-29-19(21(31)27(23)2)15-18(26-29)20(30)24-9-10-28-11-13-33-14-12-28/h15,17H,3-14,16H2,1-2H3,(H,24,30)(H,25,32). The average molecular weight is 461 g/mol. The Balaban J connectivity index is 1.40. The molecule has 0 aromatic carbocycles. The predicted octanol–water partition coefficient (Wildman–Crippen LogP) is 0.628. The van der Waals surface area contributed by atoms with E-state index < -0.39 is 5.54 Å². The summed E-state index contributed by atoms with van der Waals surface area (Å²) < 4.78 is 6.84. The number of likely N-dealkylation sites (N-methyl/N-ethyl adjacent to an activating group) is 1. The van der Waals surface area contributed by atoms with Crippen molar-refractivity contribution in [3.05, 3.63) is 17.5 Å². The summed E-state index contributed by atoms with van der Waals surface area (Å²) in [5.41, 5.74) is -0.537. The van der Waals surface area contributed by atoms with E-state index in [2.05, 4.69) is 20.6 Å². The molecule has 1 aromatic rings. The molecule has 0 radical (unpaired) electrons. The summed E-state index contributed by atoms with van der Waals surface area (Å²) in [6.45, 7) is 6.36. The molecule has 2 aliphatic heterocycles. The van der Waals surface area contributed by atoms with E-state index in [0.29, 0.717) is 25.5 Å². The molecule has 182 valence electrons. The number of nitrogens with zero attached hydrogens (tertiary/aromatic N) is 4. The van der Waals surface area contributed by atoms with Gasteiger partial charge in [0, 0.05) is 45.3 Å². The number of nitrogens with one attached hydrogen (secondary N) is 2. The molecule has 1 saturated carbocycles. The van der Waals surface area contributed by atoms with Gasteiger partial charge >= 0.3 is 0 Å². The van der Waals surface area contributed by atoms with Gasteiger partial charge in [-0.1, -0.05) is 25.7 Å². The second-order valence-corrected chi connectivity index (χ2v) is 9.58. The normalized spacial score (nSPS) is 24.8. The lowest BCUT2D eigenvalue weighted by Gasteiger charge is -2.41. The third kappa shape index (κ3) is 5.22. The van der Waals surface area contributed by atoms with Crippen molar-refractivity contribution >= 4 is 17.7 Å². The number of aromatic nitrogens is 2. The van der Waals surface area contributed by atoms with Crippen molar-refractivity contribution in [2.45, 2.75) is 63.6 Å². The third-order valence-corrected chi connectivity index (χ3v) is 7.23. The van der Waals surface area contributed by atoms with E-state index in [1.165, 1.54) is 28.5 Å². The van der Waals surface area contributed by atoms with E-state index in [4.69, 9.17) is 4.74 Å². The highest BCUT2D eigenvalue weighted by Gasteiger charge is 2.46. The van der Waals surface area contributed by atoms with Crippen molar-refractivity contribution in [1.82, 2.24) is 30.2 Å². The first kappa shape index (κ1) is 23.7. The second-order valence-electron chi connectivity index (χ2n) is 9.58. The monoisotopic (exact) mass is 460 g/mol. The van der Waals surface area contributed by atoms with Gasteiger partial charge in [-0.05, 0) is 19.8 Å². The van der Waals surface area contributed by atoms with E-state index >= 15 is 0 Å². The Kier molecular flexibility index (Phi) is 7.33. The first-order valence-corrected chi connectivity index (χ1v) is 12.1. The molecule has 3 amide bonds. The molecule has 10 heteroatoms. The van der Waals surface area contributed by atoms with E-state index in [9.17, 15) is 14.4 Å². The van der Waals surface area contributed by atoms with Crippen molar-refractivity contribution in [3.63, 3.8) is 0 Å². The molecular weight excluding hydrogens is 424 g/mol. The molecule has 0 bridgehead atoms. The zero-order chi connectivity index (χ0) is 23.4. The highest BCUT2D eigenvalue weighted by molar-refractivity contribution is 6.01. The van der Waals surface area contributed by atoms with E-state index in [-0.39, 0.29) is 36.0 Å². The lowest BCUT2D eigenvalue weighted by Crippen LogP contribution is -2.63. The number of ether oxygens (including phenoxy) is 1. The van der Waals surface area contributed by atoms with Crippen LogP contribution < -0.4 is 10.6 Å². The van der Waals surface area contributed by atoms with E-state index in [0.717, 1.165) is 45.3 Å². The van der Waals surface area contributed by atoms with Crippen LogP contribution in [0.15, 0.2) is 6.07 Å². The molecule has 1 aliphatic carbocycles. The van der Waals surface area contributed by atoms with Crippen molar-refractivity contribution in [1.29, 1.82) is 0 Å². The minimum absolute atomic E-state index is 0.146. The highest BCUT2D eigenvalue weighted by Crippen LogP contribution is 2.27.